The van der Waals surface area contributed by atoms with Gasteiger partial charge in [-0.25, -0.2) is 4.79 Å². The van der Waals surface area contributed by atoms with Gasteiger partial charge in [0, 0.05) is 19.1 Å². The first-order valence-corrected chi connectivity index (χ1v) is 12.2. The molecule has 0 spiro atoms. The maximum absolute atomic E-state index is 13.2. The van der Waals surface area contributed by atoms with Gasteiger partial charge in [-0.15, -0.1) is 0 Å². The van der Waals surface area contributed by atoms with Crippen molar-refractivity contribution in [2.24, 2.45) is 5.92 Å². The maximum Gasteiger partial charge on any atom is 0.412 e. The molecule has 1 aliphatic carbocycles. The minimum Gasteiger partial charge on any atom is -0.448 e. The van der Waals surface area contributed by atoms with Crippen LogP contribution >= 0.6 is 0 Å². The fourth-order valence-electron chi connectivity index (χ4n) is 4.92. The molecule has 0 N–H and O–H groups in total. The van der Waals surface area contributed by atoms with Gasteiger partial charge in [-0.2, -0.15) is 0 Å². The van der Waals surface area contributed by atoms with Gasteiger partial charge in [-0.3, -0.25) is 9.80 Å². The highest BCUT2D eigenvalue weighted by Crippen LogP contribution is 2.37. The summed E-state index contributed by atoms with van der Waals surface area (Å²) in [7, 11) is 0. The average molecular weight is 451 g/mol. The zero-order chi connectivity index (χ0) is 23.5. The van der Waals surface area contributed by atoms with E-state index >= 15 is 0 Å². The van der Waals surface area contributed by atoms with E-state index in [1.807, 2.05) is 27.7 Å². The van der Waals surface area contributed by atoms with Crippen molar-refractivity contribution in [2.75, 3.05) is 13.2 Å². The van der Waals surface area contributed by atoms with Crippen LogP contribution in [0.15, 0.2) is 60.7 Å². The van der Waals surface area contributed by atoms with Gasteiger partial charge in [-0.1, -0.05) is 73.5 Å². The molecule has 2 aliphatic rings. The van der Waals surface area contributed by atoms with Crippen LogP contribution in [0.2, 0.25) is 0 Å². The van der Waals surface area contributed by atoms with Crippen molar-refractivity contribution in [2.45, 2.75) is 77.4 Å². The molecule has 2 aromatic carbocycles. The number of amides is 1. The topological polar surface area (TPSA) is 42.0 Å². The summed E-state index contributed by atoms with van der Waals surface area (Å²) in [5.74, 6) is 0.728. The molecule has 1 saturated heterocycles. The number of carbonyl (C=O) groups is 1. The number of hydrogen-bond acceptors (Lipinski definition) is 4. The van der Waals surface area contributed by atoms with Crippen molar-refractivity contribution in [3.05, 3.63) is 71.8 Å². The zero-order valence-corrected chi connectivity index (χ0v) is 20.5. The van der Waals surface area contributed by atoms with Gasteiger partial charge in [0.1, 0.15) is 12.3 Å². The Balaban J connectivity index is 1.51. The molecule has 0 bridgehead atoms. The Morgan fingerprint density at radius 3 is 2.00 bits per heavy atom. The Morgan fingerprint density at radius 2 is 1.55 bits per heavy atom. The minimum absolute atomic E-state index is 0.164. The third kappa shape index (κ3) is 6.15. The molecule has 5 heteroatoms. The molecule has 2 fully saturated rings. The van der Waals surface area contributed by atoms with Crippen LogP contribution in [-0.4, -0.2) is 46.4 Å². The van der Waals surface area contributed by atoms with E-state index < -0.39 is 5.72 Å². The molecule has 1 saturated carbocycles. The highest BCUT2D eigenvalue weighted by molar-refractivity contribution is 5.70. The van der Waals surface area contributed by atoms with Gasteiger partial charge in [0.15, 0.2) is 0 Å². The Kier molecular flexibility index (Phi) is 7.10. The van der Waals surface area contributed by atoms with Crippen LogP contribution in [0.5, 0.6) is 0 Å². The molecule has 1 heterocycles. The average Bonchev–Trinajstić information content (AvgIpc) is 3.57. The zero-order valence-electron chi connectivity index (χ0n) is 20.5. The summed E-state index contributed by atoms with van der Waals surface area (Å²) in [6, 6.07) is 21.3. The SMILES string of the molecule is CC1(C)COC(C)(C)N1C(=O)OC[C@H](CC1CC1)N(Cc1ccccc1)Cc1ccccc1. The van der Waals surface area contributed by atoms with Gasteiger partial charge in [-0.05, 0) is 51.2 Å². The molecule has 178 valence electrons. The molecule has 0 radical (unpaired) electrons. The standard InChI is InChI=1S/C28H38N2O3/c1-27(2)21-33-28(3,4)30(27)26(31)32-20-25(17-22-15-16-22)29(18-23-11-7-5-8-12-23)19-24-13-9-6-10-14-24/h5-14,22,25H,15-21H2,1-4H3/t25-/m0/s1. The molecule has 0 aromatic heterocycles. The summed E-state index contributed by atoms with van der Waals surface area (Å²) in [6.45, 7) is 10.5. The molecule has 1 aliphatic heterocycles. The largest absolute Gasteiger partial charge is 0.448 e. The number of rotatable bonds is 9. The van der Waals surface area contributed by atoms with Crippen molar-refractivity contribution in [1.29, 1.82) is 0 Å². The lowest BCUT2D eigenvalue weighted by molar-refractivity contribution is -0.0555. The first-order valence-electron chi connectivity index (χ1n) is 12.2. The Hall–Kier alpha value is -2.37. The van der Waals surface area contributed by atoms with E-state index in [1.165, 1.54) is 24.0 Å². The quantitative estimate of drug-likeness (QED) is 0.481. The maximum atomic E-state index is 13.2. The van der Waals surface area contributed by atoms with Crippen LogP contribution in [0.4, 0.5) is 4.79 Å². The normalized spacial score (nSPS) is 20.1. The van der Waals surface area contributed by atoms with Crippen LogP contribution in [0.3, 0.4) is 0 Å². The van der Waals surface area contributed by atoms with E-state index in [0.717, 1.165) is 25.4 Å². The second kappa shape index (κ2) is 9.86. The number of hydrogen-bond donors (Lipinski definition) is 0. The van der Waals surface area contributed by atoms with E-state index in [1.54, 1.807) is 4.90 Å². The van der Waals surface area contributed by atoms with Crippen LogP contribution in [0, 0.1) is 5.92 Å². The van der Waals surface area contributed by atoms with E-state index in [-0.39, 0.29) is 17.7 Å². The third-order valence-corrected chi connectivity index (χ3v) is 6.78. The number of ether oxygens (including phenoxy) is 2. The van der Waals surface area contributed by atoms with Gasteiger partial charge < -0.3 is 9.47 Å². The smallest absolute Gasteiger partial charge is 0.412 e. The van der Waals surface area contributed by atoms with Crippen LogP contribution in [-0.2, 0) is 22.6 Å². The highest BCUT2D eigenvalue weighted by Gasteiger charge is 2.49. The van der Waals surface area contributed by atoms with Crippen molar-refractivity contribution in [1.82, 2.24) is 9.80 Å². The second-order valence-corrected chi connectivity index (χ2v) is 10.7. The first kappa shape index (κ1) is 23.8. The van der Waals surface area contributed by atoms with E-state index in [9.17, 15) is 4.79 Å². The predicted octanol–water partition coefficient (Wildman–Crippen LogP) is 5.84. The molecule has 0 unspecified atom stereocenters. The Morgan fingerprint density at radius 1 is 1.00 bits per heavy atom. The van der Waals surface area contributed by atoms with Crippen molar-refractivity contribution < 1.29 is 14.3 Å². The first-order chi connectivity index (χ1) is 15.7. The number of nitrogens with zero attached hydrogens (tertiary/aromatic N) is 2. The lowest BCUT2D eigenvalue weighted by Crippen LogP contribution is -2.53. The summed E-state index contributed by atoms with van der Waals surface area (Å²) < 4.78 is 11.9. The van der Waals surface area contributed by atoms with Crippen LogP contribution in [0.1, 0.15) is 58.1 Å². The van der Waals surface area contributed by atoms with Crippen molar-refractivity contribution in [3.8, 4) is 0 Å². The van der Waals surface area contributed by atoms with Gasteiger partial charge >= 0.3 is 6.09 Å². The highest BCUT2D eigenvalue weighted by atomic mass is 16.6. The second-order valence-electron chi connectivity index (χ2n) is 10.7. The van der Waals surface area contributed by atoms with Gasteiger partial charge in [0.2, 0.25) is 0 Å². The summed E-state index contributed by atoms with van der Waals surface area (Å²) >= 11 is 0. The molecule has 2 aromatic rings. The number of benzene rings is 2. The monoisotopic (exact) mass is 450 g/mol. The Bertz CT molecular complexity index is 852. The fourth-order valence-corrected chi connectivity index (χ4v) is 4.92. The summed E-state index contributed by atoms with van der Waals surface area (Å²) in [5, 5.41) is 0. The lowest BCUT2D eigenvalue weighted by Gasteiger charge is -2.38. The summed E-state index contributed by atoms with van der Waals surface area (Å²) in [4.78, 5) is 17.5. The minimum atomic E-state index is -0.666. The van der Waals surface area contributed by atoms with E-state index in [4.69, 9.17) is 9.47 Å². The third-order valence-electron chi connectivity index (χ3n) is 6.78. The molecule has 1 atom stereocenters. The van der Waals surface area contributed by atoms with E-state index in [2.05, 4.69) is 65.6 Å². The molecule has 5 nitrogen and oxygen atoms in total. The molecular weight excluding hydrogens is 412 g/mol. The fraction of sp³-hybridized carbons (Fsp3) is 0.536. The molecule has 1 amide bonds. The van der Waals surface area contributed by atoms with Gasteiger partial charge in [0.05, 0.1) is 12.1 Å². The van der Waals surface area contributed by atoms with Crippen LogP contribution < -0.4 is 0 Å². The molecule has 4 rings (SSSR count). The van der Waals surface area contributed by atoms with Crippen molar-refractivity contribution in [3.63, 3.8) is 0 Å². The Labute approximate surface area is 198 Å². The molecule has 33 heavy (non-hydrogen) atoms. The number of carbonyl (C=O) groups excluding carboxylic acids is 1. The molecular formula is C28H38N2O3. The predicted molar refractivity (Wildman–Crippen MR) is 131 cm³/mol. The summed E-state index contributed by atoms with van der Waals surface area (Å²) in [6.07, 6.45) is 3.31. The van der Waals surface area contributed by atoms with Crippen LogP contribution in [0.25, 0.3) is 0 Å². The van der Waals surface area contributed by atoms with Gasteiger partial charge in [0.25, 0.3) is 0 Å². The van der Waals surface area contributed by atoms with E-state index in [0.29, 0.717) is 13.2 Å². The lowest BCUT2D eigenvalue weighted by atomic mass is 10.0. The summed E-state index contributed by atoms with van der Waals surface area (Å²) in [5.41, 5.74) is 1.49. The van der Waals surface area contributed by atoms with Crippen molar-refractivity contribution >= 4 is 6.09 Å².